The average molecular weight is 227 g/mol. The van der Waals surface area contributed by atoms with E-state index in [2.05, 4.69) is 5.32 Å². The highest BCUT2D eigenvalue weighted by Gasteiger charge is 2.37. The van der Waals surface area contributed by atoms with Crippen LogP contribution in [0.25, 0.3) is 0 Å². The van der Waals surface area contributed by atoms with Crippen molar-refractivity contribution in [1.29, 1.82) is 0 Å². The lowest BCUT2D eigenvalue weighted by Crippen LogP contribution is -2.51. The van der Waals surface area contributed by atoms with Gasteiger partial charge >= 0.3 is 0 Å². The van der Waals surface area contributed by atoms with Crippen LogP contribution in [0.2, 0.25) is 0 Å². The highest BCUT2D eigenvalue weighted by atomic mass is 16.7. The van der Waals surface area contributed by atoms with Gasteiger partial charge in [0, 0.05) is 6.04 Å². The predicted octanol–water partition coefficient (Wildman–Crippen LogP) is 1.45. The molecule has 0 aromatic rings. The number of carbonyl (C=O) groups excluding carboxylic acids is 1. The second-order valence-electron chi connectivity index (χ2n) is 5.18. The molecule has 0 atom stereocenters. The Balaban J connectivity index is 1.85. The molecular formula is C12H21NO3. The van der Waals surface area contributed by atoms with Gasteiger partial charge in [-0.1, -0.05) is 19.3 Å². The summed E-state index contributed by atoms with van der Waals surface area (Å²) in [7, 11) is 0. The fourth-order valence-corrected chi connectivity index (χ4v) is 2.37. The molecule has 1 saturated carbocycles. The van der Waals surface area contributed by atoms with E-state index in [0.717, 1.165) is 12.8 Å². The number of hydrogen-bond donors (Lipinski definition) is 1. The first-order valence-electron chi connectivity index (χ1n) is 6.17. The first-order valence-corrected chi connectivity index (χ1v) is 6.17. The highest BCUT2D eigenvalue weighted by molar-refractivity contribution is 5.82. The molecule has 0 radical (unpaired) electrons. The van der Waals surface area contributed by atoms with E-state index >= 15 is 0 Å². The summed E-state index contributed by atoms with van der Waals surface area (Å²) in [5.74, 6) is 0.0825. The van der Waals surface area contributed by atoms with Crippen molar-refractivity contribution in [2.45, 2.75) is 45.1 Å². The van der Waals surface area contributed by atoms with Gasteiger partial charge in [-0.3, -0.25) is 4.79 Å². The van der Waals surface area contributed by atoms with Crippen LogP contribution in [-0.2, 0) is 14.3 Å². The van der Waals surface area contributed by atoms with Gasteiger partial charge in [0.2, 0.25) is 5.91 Å². The lowest BCUT2D eigenvalue weighted by atomic mass is 9.89. The van der Waals surface area contributed by atoms with Crippen LogP contribution in [0.4, 0.5) is 0 Å². The lowest BCUT2D eigenvalue weighted by Gasteiger charge is -2.34. The molecule has 2 fully saturated rings. The number of carbonyl (C=O) groups is 1. The second kappa shape index (κ2) is 5.15. The van der Waals surface area contributed by atoms with Gasteiger partial charge in [-0.05, 0) is 19.8 Å². The van der Waals surface area contributed by atoms with Gasteiger partial charge in [-0.15, -0.1) is 0 Å². The van der Waals surface area contributed by atoms with Crippen LogP contribution in [0.3, 0.4) is 0 Å². The second-order valence-corrected chi connectivity index (χ2v) is 5.18. The molecule has 1 aliphatic heterocycles. The van der Waals surface area contributed by atoms with E-state index in [1.807, 2.05) is 6.92 Å². The van der Waals surface area contributed by atoms with Gasteiger partial charge < -0.3 is 14.8 Å². The minimum atomic E-state index is -0.504. The molecule has 0 spiro atoms. The number of amides is 1. The third-order valence-corrected chi connectivity index (χ3v) is 3.50. The zero-order valence-electron chi connectivity index (χ0n) is 9.96. The van der Waals surface area contributed by atoms with Crippen molar-refractivity contribution in [3.8, 4) is 0 Å². The summed E-state index contributed by atoms with van der Waals surface area (Å²) in [6.45, 7) is 3.15. The van der Waals surface area contributed by atoms with Gasteiger partial charge in [0.1, 0.15) is 6.79 Å². The molecule has 0 unspecified atom stereocenters. The van der Waals surface area contributed by atoms with Gasteiger partial charge in [0.05, 0.1) is 18.6 Å². The van der Waals surface area contributed by atoms with Crippen molar-refractivity contribution in [2.75, 3.05) is 20.0 Å². The van der Waals surface area contributed by atoms with Gasteiger partial charge in [-0.25, -0.2) is 0 Å². The van der Waals surface area contributed by atoms with Gasteiger partial charge in [-0.2, -0.15) is 0 Å². The molecule has 0 aromatic heterocycles. The van der Waals surface area contributed by atoms with Crippen LogP contribution in [-0.4, -0.2) is 32.0 Å². The first kappa shape index (κ1) is 11.9. The van der Waals surface area contributed by atoms with Crippen LogP contribution in [0.5, 0.6) is 0 Å². The van der Waals surface area contributed by atoms with Crippen LogP contribution in [0.1, 0.15) is 39.0 Å². The molecule has 4 nitrogen and oxygen atoms in total. The van der Waals surface area contributed by atoms with Crippen molar-refractivity contribution in [3.63, 3.8) is 0 Å². The Kier molecular flexibility index (Phi) is 3.82. The Morgan fingerprint density at radius 3 is 2.44 bits per heavy atom. The molecule has 16 heavy (non-hydrogen) atoms. The number of rotatable bonds is 2. The molecule has 0 aromatic carbocycles. The Morgan fingerprint density at radius 1 is 1.19 bits per heavy atom. The topological polar surface area (TPSA) is 47.6 Å². The summed E-state index contributed by atoms with van der Waals surface area (Å²) in [6, 6.07) is 0.361. The van der Waals surface area contributed by atoms with Crippen molar-refractivity contribution in [3.05, 3.63) is 0 Å². The summed E-state index contributed by atoms with van der Waals surface area (Å²) in [4.78, 5) is 12.1. The maximum absolute atomic E-state index is 12.1. The molecule has 4 heteroatoms. The normalized spacial score (nSPS) is 26.3. The molecule has 1 aliphatic carbocycles. The van der Waals surface area contributed by atoms with Gasteiger partial charge in [0.25, 0.3) is 0 Å². The summed E-state index contributed by atoms with van der Waals surface area (Å²) in [6.07, 6.45) is 5.99. The van der Waals surface area contributed by atoms with Crippen molar-refractivity contribution in [2.24, 2.45) is 5.41 Å². The summed E-state index contributed by atoms with van der Waals surface area (Å²) < 4.78 is 10.4. The number of nitrogens with one attached hydrogen (secondary N) is 1. The van der Waals surface area contributed by atoms with E-state index < -0.39 is 5.41 Å². The van der Waals surface area contributed by atoms with E-state index in [1.165, 1.54) is 19.3 Å². The Hall–Kier alpha value is -0.610. The predicted molar refractivity (Wildman–Crippen MR) is 59.9 cm³/mol. The van der Waals surface area contributed by atoms with Crippen LogP contribution < -0.4 is 5.32 Å². The van der Waals surface area contributed by atoms with Crippen molar-refractivity contribution < 1.29 is 14.3 Å². The van der Waals surface area contributed by atoms with Crippen molar-refractivity contribution in [1.82, 2.24) is 5.32 Å². The molecule has 1 heterocycles. The zero-order valence-corrected chi connectivity index (χ0v) is 9.96. The van der Waals surface area contributed by atoms with Crippen molar-refractivity contribution >= 4 is 5.91 Å². The van der Waals surface area contributed by atoms with E-state index in [4.69, 9.17) is 9.47 Å². The van der Waals surface area contributed by atoms with Crippen LogP contribution in [0, 0.1) is 5.41 Å². The standard InChI is InChI=1S/C12H21NO3/c1-12(7-15-9-16-8-12)11(14)13-10-5-3-2-4-6-10/h10H,2-9H2,1H3,(H,13,14). The smallest absolute Gasteiger partial charge is 0.230 e. The minimum Gasteiger partial charge on any atom is -0.354 e. The summed E-state index contributed by atoms with van der Waals surface area (Å²) in [5, 5.41) is 3.13. The van der Waals surface area contributed by atoms with E-state index in [0.29, 0.717) is 26.0 Å². The number of hydrogen-bond acceptors (Lipinski definition) is 3. The first-order chi connectivity index (χ1) is 7.71. The van der Waals surface area contributed by atoms with Crippen LogP contribution >= 0.6 is 0 Å². The molecule has 2 aliphatic rings. The third-order valence-electron chi connectivity index (χ3n) is 3.50. The van der Waals surface area contributed by atoms with E-state index in [9.17, 15) is 4.79 Å². The lowest BCUT2D eigenvalue weighted by molar-refractivity contribution is -0.174. The van der Waals surface area contributed by atoms with E-state index in [1.54, 1.807) is 0 Å². The summed E-state index contributed by atoms with van der Waals surface area (Å²) >= 11 is 0. The Bertz CT molecular complexity index is 243. The fraction of sp³-hybridized carbons (Fsp3) is 0.917. The molecule has 1 amide bonds. The fourth-order valence-electron chi connectivity index (χ4n) is 2.37. The SMILES string of the molecule is CC1(C(=O)NC2CCCCC2)COCOC1. The van der Waals surface area contributed by atoms with Crippen LogP contribution in [0.15, 0.2) is 0 Å². The highest BCUT2D eigenvalue weighted by Crippen LogP contribution is 2.24. The maximum Gasteiger partial charge on any atom is 0.230 e. The largest absolute Gasteiger partial charge is 0.354 e. The molecule has 1 saturated heterocycles. The monoisotopic (exact) mass is 227 g/mol. The molecule has 1 N–H and O–H groups in total. The Morgan fingerprint density at radius 2 is 1.81 bits per heavy atom. The maximum atomic E-state index is 12.1. The average Bonchev–Trinajstić information content (AvgIpc) is 2.31. The molecule has 2 rings (SSSR count). The third kappa shape index (κ3) is 2.74. The molecule has 92 valence electrons. The molecule has 0 bridgehead atoms. The molecular weight excluding hydrogens is 206 g/mol. The quantitative estimate of drug-likeness (QED) is 0.776. The van der Waals surface area contributed by atoms with Gasteiger partial charge in [0.15, 0.2) is 0 Å². The number of ether oxygens (including phenoxy) is 2. The minimum absolute atomic E-state index is 0.0825. The zero-order chi connectivity index (χ0) is 11.4. The van der Waals surface area contributed by atoms with E-state index in [-0.39, 0.29) is 5.91 Å². The summed E-state index contributed by atoms with van der Waals surface area (Å²) in [5.41, 5.74) is -0.504. The Labute approximate surface area is 96.7 Å².